The smallest absolute Gasteiger partial charge is 0.233 e. The van der Waals surface area contributed by atoms with E-state index < -0.39 is 0 Å². The Bertz CT molecular complexity index is 908. The van der Waals surface area contributed by atoms with Gasteiger partial charge in [-0.1, -0.05) is 12.1 Å². The van der Waals surface area contributed by atoms with E-state index in [2.05, 4.69) is 46.7 Å². The summed E-state index contributed by atoms with van der Waals surface area (Å²) in [5, 5.41) is 6.66. The van der Waals surface area contributed by atoms with Crippen LogP contribution in [0.2, 0.25) is 0 Å². The number of hydrogen-bond donors (Lipinski definition) is 2. The van der Waals surface area contributed by atoms with Crippen LogP contribution in [0.5, 0.6) is 5.75 Å². The molecule has 7 heteroatoms. The molecule has 0 aliphatic rings. The van der Waals surface area contributed by atoms with Crippen LogP contribution in [0.15, 0.2) is 54.7 Å². The summed E-state index contributed by atoms with van der Waals surface area (Å²) in [4.78, 5) is 13.6. The Hall–Kier alpha value is -3.19. The molecule has 0 bridgehead atoms. The van der Waals surface area contributed by atoms with E-state index in [9.17, 15) is 0 Å². The van der Waals surface area contributed by atoms with Crippen LogP contribution in [-0.2, 0) is 6.42 Å². The second-order valence-corrected chi connectivity index (χ2v) is 7.30. The Balaban J connectivity index is 1.78. The van der Waals surface area contributed by atoms with Crippen molar-refractivity contribution in [1.29, 1.82) is 0 Å². The van der Waals surface area contributed by atoms with Gasteiger partial charge in [0.2, 0.25) is 11.8 Å². The standard InChI is InChI=1S/C21H27N6O/c1-27(2,3)20-15-19(24-17-9-7-10-18(14-17)28-4)25-21(26-20)23-13-11-16-8-5-6-12-22-16/h5-10,12,14-15H,11,13H2,1-4H3,(H2,23,24,25,26)/q+1. The number of methoxy groups -OCH3 is 1. The monoisotopic (exact) mass is 379 g/mol. The predicted molar refractivity (Wildman–Crippen MR) is 114 cm³/mol. The molecule has 0 fully saturated rings. The average molecular weight is 379 g/mol. The van der Waals surface area contributed by atoms with Crippen LogP contribution in [0.1, 0.15) is 5.69 Å². The van der Waals surface area contributed by atoms with E-state index in [4.69, 9.17) is 4.74 Å². The fourth-order valence-corrected chi connectivity index (χ4v) is 2.62. The van der Waals surface area contributed by atoms with E-state index in [0.717, 1.165) is 35.2 Å². The highest BCUT2D eigenvalue weighted by Crippen LogP contribution is 2.24. The van der Waals surface area contributed by atoms with Crippen molar-refractivity contribution in [1.82, 2.24) is 19.4 Å². The summed E-state index contributed by atoms with van der Waals surface area (Å²) in [6, 6.07) is 15.6. The van der Waals surface area contributed by atoms with Crippen molar-refractivity contribution in [2.24, 2.45) is 0 Å². The van der Waals surface area contributed by atoms with Crippen LogP contribution in [0.3, 0.4) is 0 Å². The minimum Gasteiger partial charge on any atom is -0.497 e. The van der Waals surface area contributed by atoms with Crippen LogP contribution in [-0.4, -0.2) is 49.7 Å². The topological polar surface area (TPSA) is 72.0 Å². The minimum atomic E-state index is 0.588. The Morgan fingerprint density at radius 3 is 2.57 bits per heavy atom. The van der Waals surface area contributed by atoms with E-state index in [1.165, 1.54) is 0 Å². The SMILES string of the molecule is COc1cccc(Nc2cc([N+](C)(C)C)nc(NCCc3ccccn3)n2)c1. The Morgan fingerprint density at radius 2 is 1.86 bits per heavy atom. The van der Waals surface area contributed by atoms with E-state index >= 15 is 0 Å². The van der Waals surface area contributed by atoms with Crippen molar-refractivity contribution in [2.75, 3.05) is 45.4 Å². The molecular formula is C21H27N6O+. The zero-order valence-electron chi connectivity index (χ0n) is 16.8. The molecule has 0 aliphatic heterocycles. The summed E-state index contributed by atoms with van der Waals surface area (Å²) in [7, 11) is 7.89. The molecule has 2 heterocycles. The molecule has 2 N–H and O–H groups in total. The van der Waals surface area contributed by atoms with Gasteiger partial charge in [-0.05, 0) is 24.3 Å². The van der Waals surface area contributed by atoms with Gasteiger partial charge in [0.25, 0.3) is 0 Å². The number of anilines is 3. The Labute approximate surface area is 166 Å². The zero-order chi connectivity index (χ0) is 20.0. The summed E-state index contributed by atoms with van der Waals surface area (Å²) in [5.41, 5.74) is 1.94. The quantitative estimate of drug-likeness (QED) is 0.584. The predicted octanol–water partition coefficient (Wildman–Crippen LogP) is 3.48. The first-order valence-electron chi connectivity index (χ1n) is 9.20. The molecule has 0 saturated heterocycles. The molecule has 7 nitrogen and oxygen atoms in total. The molecule has 1 aromatic carbocycles. The van der Waals surface area contributed by atoms with Crippen LogP contribution < -0.4 is 19.9 Å². The number of ether oxygens (including phenoxy) is 1. The minimum absolute atomic E-state index is 0.588. The normalized spacial score (nSPS) is 11.1. The van der Waals surface area contributed by atoms with Crippen LogP contribution >= 0.6 is 0 Å². The fourth-order valence-electron chi connectivity index (χ4n) is 2.62. The highest BCUT2D eigenvalue weighted by Gasteiger charge is 2.17. The highest BCUT2D eigenvalue weighted by molar-refractivity contribution is 5.62. The first-order chi connectivity index (χ1) is 13.4. The maximum absolute atomic E-state index is 5.30. The van der Waals surface area contributed by atoms with E-state index in [1.54, 1.807) is 13.3 Å². The van der Waals surface area contributed by atoms with Crippen molar-refractivity contribution < 1.29 is 4.74 Å². The van der Waals surface area contributed by atoms with Gasteiger partial charge >= 0.3 is 0 Å². The van der Waals surface area contributed by atoms with Gasteiger partial charge in [-0.2, -0.15) is 9.97 Å². The summed E-state index contributed by atoms with van der Waals surface area (Å²) < 4.78 is 5.88. The van der Waals surface area contributed by atoms with Crippen molar-refractivity contribution in [3.8, 4) is 5.75 Å². The van der Waals surface area contributed by atoms with Crippen molar-refractivity contribution in [2.45, 2.75) is 6.42 Å². The number of nitrogens with one attached hydrogen (secondary N) is 2. The third kappa shape index (κ3) is 5.40. The summed E-state index contributed by atoms with van der Waals surface area (Å²) in [6.07, 6.45) is 2.61. The third-order valence-electron chi connectivity index (χ3n) is 4.13. The first-order valence-corrected chi connectivity index (χ1v) is 9.20. The van der Waals surface area contributed by atoms with Crippen molar-refractivity contribution in [3.63, 3.8) is 0 Å². The summed E-state index contributed by atoms with van der Waals surface area (Å²) in [6.45, 7) is 0.705. The van der Waals surface area contributed by atoms with Crippen LogP contribution in [0.25, 0.3) is 0 Å². The average Bonchev–Trinajstić information content (AvgIpc) is 2.68. The van der Waals surface area contributed by atoms with Gasteiger partial charge in [0.15, 0.2) is 0 Å². The second-order valence-electron chi connectivity index (χ2n) is 7.30. The molecular weight excluding hydrogens is 352 g/mol. The maximum atomic E-state index is 5.30. The van der Waals surface area contributed by atoms with E-state index in [0.29, 0.717) is 17.0 Å². The van der Waals surface area contributed by atoms with E-state index in [1.807, 2.05) is 48.5 Å². The maximum Gasteiger partial charge on any atom is 0.233 e. The van der Waals surface area contributed by atoms with Gasteiger partial charge in [-0.25, -0.2) is 0 Å². The van der Waals surface area contributed by atoms with Gasteiger partial charge in [0, 0.05) is 36.6 Å². The molecule has 0 atom stereocenters. The summed E-state index contributed by atoms with van der Waals surface area (Å²) in [5.74, 6) is 3.01. The number of nitrogens with zero attached hydrogens (tertiary/aromatic N) is 4. The summed E-state index contributed by atoms with van der Waals surface area (Å²) >= 11 is 0. The number of rotatable bonds is 8. The molecule has 0 amide bonds. The fraction of sp³-hybridized carbons (Fsp3) is 0.286. The molecule has 2 aromatic heterocycles. The largest absolute Gasteiger partial charge is 0.497 e. The van der Waals surface area contributed by atoms with Crippen LogP contribution in [0, 0.1) is 0 Å². The molecule has 0 aliphatic carbocycles. The lowest BCUT2D eigenvalue weighted by atomic mass is 10.3. The molecule has 28 heavy (non-hydrogen) atoms. The zero-order valence-corrected chi connectivity index (χ0v) is 16.8. The molecule has 0 radical (unpaired) electrons. The second kappa shape index (κ2) is 8.67. The van der Waals surface area contributed by atoms with E-state index in [-0.39, 0.29) is 0 Å². The van der Waals surface area contributed by atoms with Crippen molar-refractivity contribution >= 4 is 23.3 Å². The van der Waals surface area contributed by atoms with Gasteiger partial charge in [-0.15, -0.1) is 0 Å². The number of benzene rings is 1. The lowest BCUT2D eigenvalue weighted by Gasteiger charge is -2.23. The first kappa shape index (κ1) is 19.6. The van der Waals surface area contributed by atoms with Gasteiger partial charge < -0.3 is 15.4 Å². The molecule has 146 valence electrons. The Kier molecular flexibility index (Phi) is 6.06. The van der Waals surface area contributed by atoms with Crippen LogP contribution in [0.4, 0.5) is 23.3 Å². The molecule has 3 rings (SSSR count). The van der Waals surface area contributed by atoms with Gasteiger partial charge in [0.05, 0.1) is 34.3 Å². The number of quaternary nitrogens is 1. The highest BCUT2D eigenvalue weighted by atomic mass is 16.5. The molecule has 3 aromatic rings. The number of aromatic nitrogens is 3. The Morgan fingerprint density at radius 1 is 1.00 bits per heavy atom. The van der Waals surface area contributed by atoms with Gasteiger partial charge in [-0.3, -0.25) is 9.47 Å². The number of hydrogen-bond acceptors (Lipinski definition) is 6. The van der Waals surface area contributed by atoms with Gasteiger partial charge in [0.1, 0.15) is 11.6 Å². The third-order valence-corrected chi connectivity index (χ3v) is 4.13. The lowest BCUT2D eigenvalue weighted by molar-refractivity contribution is 0.415. The lowest BCUT2D eigenvalue weighted by Crippen LogP contribution is -2.36. The van der Waals surface area contributed by atoms with Crippen molar-refractivity contribution in [3.05, 3.63) is 60.4 Å². The molecule has 0 spiro atoms. The number of pyridine rings is 1. The molecule has 0 saturated carbocycles. The molecule has 0 unspecified atom stereocenters.